The number of oxazole rings is 1. The summed E-state index contributed by atoms with van der Waals surface area (Å²) < 4.78 is 10.7. The fourth-order valence-corrected chi connectivity index (χ4v) is 2.79. The molecule has 0 atom stereocenters. The zero-order chi connectivity index (χ0) is 17.4. The monoisotopic (exact) mass is 353 g/mol. The van der Waals surface area contributed by atoms with Crippen LogP contribution in [-0.4, -0.2) is 16.0 Å². The van der Waals surface area contributed by atoms with E-state index < -0.39 is 5.91 Å². The van der Waals surface area contributed by atoms with Crippen molar-refractivity contribution < 1.29 is 13.7 Å². The van der Waals surface area contributed by atoms with E-state index in [1.165, 1.54) is 0 Å². The zero-order valence-corrected chi connectivity index (χ0v) is 13.9. The van der Waals surface area contributed by atoms with E-state index in [2.05, 4.69) is 15.5 Å². The summed E-state index contributed by atoms with van der Waals surface area (Å²) in [7, 11) is 0. The molecule has 0 aliphatic heterocycles. The van der Waals surface area contributed by atoms with Crippen molar-refractivity contribution in [3.63, 3.8) is 0 Å². The first-order valence-electron chi connectivity index (χ1n) is 7.51. The number of aryl methyl sites for hydroxylation is 1. The number of amides is 1. The van der Waals surface area contributed by atoms with Gasteiger partial charge in [-0.2, -0.15) is 4.98 Å². The third kappa shape index (κ3) is 2.77. The lowest BCUT2D eigenvalue weighted by Gasteiger charge is -2.04. The zero-order valence-electron chi connectivity index (χ0n) is 13.1. The van der Waals surface area contributed by atoms with Crippen LogP contribution < -0.4 is 5.32 Å². The average Bonchev–Trinajstić information content (AvgIpc) is 3.18. The molecule has 4 rings (SSSR count). The number of hydrogen-bond acceptors (Lipinski definition) is 5. The topological polar surface area (TPSA) is 81.2 Å². The number of halogens is 1. The van der Waals surface area contributed by atoms with Gasteiger partial charge in [0.05, 0.1) is 5.02 Å². The Kier molecular flexibility index (Phi) is 3.74. The number of fused-ring (bicyclic) bond motifs is 1. The molecule has 25 heavy (non-hydrogen) atoms. The summed E-state index contributed by atoms with van der Waals surface area (Å²) in [6, 6.07) is 14.5. The molecule has 0 unspecified atom stereocenters. The Morgan fingerprint density at radius 1 is 1.12 bits per heavy atom. The summed E-state index contributed by atoms with van der Waals surface area (Å²) >= 11 is 6.21. The molecule has 1 amide bonds. The van der Waals surface area contributed by atoms with Crippen LogP contribution in [0.3, 0.4) is 0 Å². The van der Waals surface area contributed by atoms with Gasteiger partial charge in [0, 0.05) is 5.56 Å². The molecule has 0 radical (unpaired) electrons. The summed E-state index contributed by atoms with van der Waals surface area (Å²) in [6.07, 6.45) is 0. The lowest BCUT2D eigenvalue weighted by Crippen LogP contribution is -2.13. The summed E-state index contributed by atoms with van der Waals surface area (Å²) in [5.41, 5.74) is 2.52. The smallest absolute Gasteiger partial charge is 0.302 e. The molecule has 2 aromatic carbocycles. The van der Waals surface area contributed by atoms with Gasteiger partial charge < -0.3 is 8.94 Å². The molecule has 0 saturated carbocycles. The first-order valence-corrected chi connectivity index (χ1v) is 7.89. The first-order chi connectivity index (χ1) is 12.1. The van der Waals surface area contributed by atoms with Gasteiger partial charge in [-0.15, -0.1) is 0 Å². The van der Waals surface area contributed by atoms with Gasteiger partial charge in [-0.25, -0.2) is 0 Å². The molecule has 2 heterocycles. The standard InChI is InChI=1S/C18H12ClN3O3/c1-10-15(16(22-25-10)11-6-2-3-7-12(11)19)17(23)21-18-20-13-8-4-5-9-14(13)24-18/h2-9H,1H3,(H,20,21,23). The van der Waals surface area contributed by atoms with Crippen LogP contribution in [0, 0.1) is 6.92 Å². The minimum absolute atomic E-state index is 0.108. The summed E-state index contributed by atoms with van der Waals surface area (Å²) in [4.78, 5) is 17.0. The van der Waals surface area contributed by atoms with Gasteiger partial charge in [0.25, 0.3) is 5.91 Å². The average molecular weight is 354 g/mol. The van der Waals surface area contributed by atoms with E-state index >= 15 is 0 Å². The molecule has 7 heteroatoms. The fraction of sp³-hybridized carbons (Fsp3) is 0.0556. The minimum Gasteiger partial charge on any atom is -0.423 e. The van der Waals surface area contributed by atoms with Crippen molar-refractivity contribution in [3.8, 4) is 11.3 Å². The van der Waals surface area contributed by atoms with Gasteiger partial charge in [-0.05, 0) is 25.1 Å². The SMILES string of the molecule is Cc1onc(-c2ccccc2Cl)c1C(=O)Nc1nc2ccccc2o1. The van der Waals surface area contributed by atoms with Gasteiger partial charge in [-0.1, -0.05) is 47.1 Å². The van der Waals surface area contributed by atoms with Crippen LogP contribution in [0.1, 0.15) is 16.1 Å². The summed E-state index contributed by atoms with van der Waals surface area (Å²) in [5.74, 6) is -0.0521. The third-order valence-corrected chi connectivity index (χ3v) is 4.06. The highest BCUT2D eigenvalue weighted by Gasteiger charge is 2.24. The maximum Gasteiger partial charge on any atom is 0.302 e. The van der Waals surface area contributed by atoms with Crippen LogP contribution >= 0.6 is 11.6 Å². The highest BCUT2D eigenvalue weighted by atomic mass is 35.5. The number of benzene rings is 2. The maximum atomic E-state index is 12.7. The molecule has 4 aromatic rings. The van der Waals surface area contributed by atoms with Crippen LogP contribution in [0.25, 0.3) is 22.4 Å². The largest absolute Gasteiger partial charge is 0.423 e. The number of carbonyl (C=O) groups is 1. The van der Waals surface area contributed by atoms with E-state index in [9.17, 15) is 4.79 Å². The fourth-order valence-electron chi connectivity index (χ4n) is 2.56. The molecule has 1 N–H and O–H groups in total. The van der Waals surface area contributed by atoms with E-state index in [0.29, 0.717) is 33.1 Å². The lowest BCUT2D eigenvalue weighted by molar-refractivity contribution is 0.102. The highest BCUT2D eigenvalue weighted by Crippen LogP contribution is 2.31. The molecular weight excluding hydrogens is 342 g/mol. The molecule has 6 nitrogen and oxygen atoms in total. The summed E-state index contributed by atoms with van der Waals surface area (Å²) in [6.45, 7) is 1.66. The van der Waals surface area contributed by atoms with E-state index in [-0.39, 0.29) is 11.6 Å². The third-order valence-electron chi connectivity index (χ3n) is 3.73. The second kappa shape index (κ2) is 6.07. The molecule has 0 aliphatic rings. The van der Waals surface area contributed by atoms with Crippen LogP contribution in [0.4, 0.5) is 6.01 Å². The molecule has 0 bridgehead atoms. The van der Waals surface area contributed by atoms with Crippen molar-refractivity contribution in [1.29, 1.82) is 0 Å². The number of aromatic nitrogens is 2. The molecular formula is C18H12ClN3O3. The number of nitrogens with zero attached hydrogens (tertiary/aromatic N) is 2. The molecule has 2 aromatic heterocycles. The normalized spacial score (nSPS) is 11.0. The van der Waals surface area contributed by atoms with Gasteiger partial charge >= 0.3 is 6.01 Å². The number of nitrogens with one attached hydrogen (secondary N) is 1. The Morgan fingerprint density at radius 3 is 2.68 bits per heavy atom. The highest BCUT2D eigenvalue weighted by molar-refractivity contribution is 6.33. The predicted octanol–water partition coefficient (Wildman–Crippen LogP) is 4.70. The Hall–Kier alpha value is -3.12. The molecule has 0 fully saturated rings. The van der Waals surface area contributed by atoms with Crippen LogP contribution in [0.2, 0.25) is 5.02 Å². The van der Waals surface area contributed by atoms with Crippen molar-refractivity contribution in [2.45, 2.75) is 6.92 Å². The van der Waals surface area contributed by atoms with Gasteiger partial charge in [0.1, 0.15) is 22.5 Å². The van der Waals surface area contributed by atoms with Gasteiger partial charge in [-0.3, -0.25) is 10.1 Å². The molecule has 0 saturated heterocycles. The number of hydrogen-bond donors (Lipinski definition) is 1. The van der Waals surface area contributed by atoms with Crippen molar-refractivity contribution >= 4 is 34.6 Å². The first kappa shape index (κ1) is 15.4. The molecule has 0 spiro atoms. The Morgan fingerprint density at radius 2 is 1.88 bits per heavy atom. The van der Waals surface area contributed by atoms with Gasteiger partial charge in [0.15, 0.2) is 5.58 Å². The number of rotatable bonds is 3. The van der Waals surface area contributed by atoms with Gasteiger partial charge in [0.2, 0.25) is 0 Å². The second-order valence-corrected chi connectivity index (χ2v) is 5.79. The van der Waals surface area contributed by atoms with Crippen LogP contribution in [0.5, 0.6) is 0 Å². The van der Waals surface area contributed by atoms with Crippen molar-refractivity contribution in [1.82, 2.24) is 10.1 Å². The van der Waals surface area contributed by atoms with Crippen molar-refractivity contribution in [3.05, 3.63) is 64.9 Å². The Bertz CT molecular complexity index is 1050. The Labute approximate surface area is 147 Å². The van der Waals surface area contributed by atoms with Crippen LogP contribution in [0.15, 0.2) is 57.5 Å². The summed E-state index contributed by atoms with van der Waals surface area (Å²) in [5, 5.41) is 7.10. The van der Waals surface area contributed by atoms with E-state index in [1.807, 2.05) is 18.2 Å². The van der Waals surface area contributed by atoms with E-state index in [1.54, 1.807) is 37.3 Å². The molecule has 124 valence electrons. The maximum absolute atomic E-state index is 12.7. The van der Waals surface area contributed by atoms with Crippen LogP contribution in [-0.2, 0) is 0 Å². The number of para-hydroxylation sites is 2. The van der Waals surface area contributed by atoms with E-state index in [4.69, 9.17) is 20.5 Å². The Balaban J connectivity index is 1.71. The quantitative estimate of drug-likeness (QED) is 0.577. The van der Waals surface area contributed by atoms with Crippen molar-refractivity contribution in [2.24, 2.45) is 0 Å². The number of anilines is 1. The van der Waals surface area contributed by atoms with Crippen molar-refractivity contribution in [2.75, 3.05) is 5.32 Å². The predicted molar refractivity (Wildman–Crippen MR) is 93.6 cm³/mol. The lowest BCUT2D eigenvalue weighted by atomic mass is 10.1. The molecule has 0 aliphatic carbocycles. The number of carbonyl (C=O) groups excluding carboxylic acids is 1. The second-order valence-electron chi connectivity index (χ2n) is 5.38. The van der Waals surface area contributed by atoms with E-state index in [0.717, 1.165) is 0 Å². The minimum atomic E-state index is -0.430.